The van der Waals surface area contributed by atoms with E-state index in [1.165, 1.54) is 14.2 Å². The van der Waals surface area contributed by atoms with E-state index >= 15 is 0 Å². The Kier molecular flexibility index (Phi) is 12.2. The maximum atomic E-state index is 11.7. The summed E-state index contributed by atoms with van der Waals surface area (Å²) >= 11 is 2.24. The molecule has 0 amide bonds. The summed E-state index contributed by atoms with van der Waals surface area (Å²) in [6.07, 6.45) is 0. The topological polar surface area (TPSA) is 147 Å². The quantitative estimate of drug-likeness (QED) is 0.126. The summed E-state index contributed by atoms with van der Waals surface area (Å²) in [5, 5.41) is 0. The lowest BCUT2D eigenvalue weighted by Crippen LogP contribution is -2.44. The molecule has 0 radical (unpaired) electrons. The fourth-order valence-electron chi connectivity index (χ4n) is 6.05. The third-order valence-corrected chi connectivity index (χ3v) is 11.7. The van der Waals surface area contributed by atoms with E-state index in [0.717, 1.165) is 67.8 Å². The molecule has 2 aromatic carbocycles. The van der Waals surface area contributed by atoms with E-state index in [0.29, 0.717) is 24.3 Å². The van der Waals surface area contributed by atoms with Crippen LogP contribution in [0, 0.1) is 31.4 Å². The first kappa shape index (κ1) is 41.6. The number of imidazole rings is 2. The van der Waals surface area contributed by atoms with Gasteiger partial charge in [-0.05, 0) is 127 Å². The van der Waals surface area contributed by atoms with E-state index in [-0.39, 0.29) is 22.8 Å². The molecule has 3 aliphatic heterocycles. The molecule has 2 aromatic heterocycles. The highest BCUT2D eigenvalue weighted by molar-refractivity contribution is 14.1. The number of methoxy groups -OCH3 is 2. The lowest BCUT2D eigenvalue weighted by Gasteiger charge is -2.36. The predicted molar refractivity (Wildman–Crippen MR) is 215 cm³/mol. The average Bonchev–Trinajstić information content (AvgIpc) is 3.73. The second kappa shape index (κ2) is 15.9. The van der Waals surface area contributed by atoms with E-state index in [1.807, 2.05) is 73.6 Å². The van der Waals surface area contributed by atoms with Gasteiger partial charge in [-0.1, -0.05) is 17.7 Å². The molecule has 5 heterocycles. The monoisotopic (exact) mass is 854 g/mol. The first-order chi connectivity index (χ1) is 25.2. The Morgan fingerprint density at radius 2 is 1.17 bits per heavy atom. The number of hydrogen-bond donors (Lipinski definition) is 2. The molecular weight excluding hydrogens is 802 g/mol. The van der Waals surface area contributed by atoms with Crippen LogP contribution in [0.4, 0.5) is 0 Å². The summed E-state index contributed by atoms with van der Waals surface area (Å²) in [6.45, 7) is 23.3. The minimum Gasteiger partial charge on any atom is -0.465 e. The van der Waals surface area contributed by atoms with Crippen LogP contribution in [0.1, 0.15) is 96.4 Å². The molecule has 0 aliphatic carbocycles. The number of carbonyl (C=O) groups excluding carboxylic acids is 2. The number of aromatic nitrogens is 4. The highest BCUT2D eigenvalue weighted by Gasteiger charge is 2.52. The van der Waals surface area contributed by atoms with Gasteiger partial charge in [0, 0.05) is 17.0 Å². The molecule has 0 atom stereocenters. The van der Waals surface area contributed by atoms with E-state index in [2.05, 4.69) is 51.4 Å². The summed E-state index contributed by atoms with van der Waals surface area (Å²) in [7, 11) is 2.29. The van der Waals surface area contributed by atoms with Crippen LogP contribution >= 0.6 is 22.6 Å². The van der Waals surface area contributed by atoms with Crippen molar-refractivity contribution >= 4 is 47.1 Å². The van der Waals surface area contributed by atoms with Gasteiger partial charge < -0.3 is 38.2 Å². The number of nitrogens with zero attached hydrogens (tertiary/aromatic N) is 2. The van der Waals surface area contributed by atoms with Crippen molar-refractivity contribution in [2.24, 2.45) is 0 Å². The van der Waals surface area contributed by atoms with Crippen LogP contribution < -0.4 is 5.46 Å². The van der Waals surface area contributed by atoms with Crippen molar-refractivity contribution in [2.45, 2.75) is 91.3 Å². The summed E-state index contributed by atoms with van der Waals surface area (Å²) in [5.41, 5.74) is 7.27. The highest BCUT2D eigenvalue weighted by Crippen LogP contribution is 2.37. The molecule has 3 aliphatic rings. The Bertz CT molecular complexity index is 1980. The van der Waals surface area contributed by atoms with Crippen LogP contribution in [0.2, 0.25) is 0 Å². The Morgan fingerprint density at radius 1 is 0.704 bits per heavy atom. The molecule has 3 fully saturated rings. The standard InChI is InChI=1S/C17H20N2O3.C15H21BO4.C8H11IN2O/c1-10-5-6-12(15(20)21-4)7-13(10)14-11(2)18-16(19-14)17(3)8-22-9-17;1-10-7-8-11(13(17)18-6)9-12(10)16-19-14(2,3)15(4,5)20-16;1-5-6(9)11-7(10-5)8(2)3-12-4-8/h5-7H,8-9H2,1-4H3,(H,18,19);7-9H,1-6H3;3-4H2,1-2H3,(H,10,11). The van der Waals surface area contributed by atoms with Crippen LogP contribution in [-0.2, 0) is 39.1 Å². The summed E-state index contributed by atoms with van der Waals surface area (Å²) < 4.78 is 33.2. The number of aromatic amines is 2. The van der Waals surface area contributed by atoms with Crippen molar-refractivity contribution in [1.29, 1.82) is 0 Å². The van der Waals surface area contributed by atoms with Crippen molar-refractivity contribution in [2.75, 3.05) is 40.6 Å². The maximum absolute atomic E-state index is 11.7. The molecule has 0 unspecified atom stereocenters. The van der Waals surface area contributed by atoms with Gasteiger partial charge >= 0.3 is 19.1 Å². The summed E-state index contributed by atoms with van der Waals surface area (Å²) in [5.74, 6) is 1.31. The SMILES string of the molecule is COC(=O)c1ccc(C)c(-c2nc(C3(C)COC3)[nH]c2C)c1.COC(=O)c1ccc(C)c(B2OC(C)(C)C(C)(C)O2)c1.Cc1[nH]c(C2(C)COC2)nc1I. The van der Waals surface area contributed by atoms with Crippen LogP contribution in [0.3, 0.4) is 0 Å². The van der Waals surface area contributed by atoms with Gasteiger partial charge in [-0.25, -0.2) is 19.6 Å². The van der Waals surface area contributed by atoms with Crippen LogP contribution in [0.5, 0.6) is 0 Å². The van der Waals surface area contributed by atoms with Gasteiger partial charge in [-0.15, -0.1) is 0 Å². The number of esters is 2. The lowest BCUT2D eigenvalue weighted by molar-refractivity contribution is -0.0540. The third kappa shape index (κ3) is 8.47. The zero-order valence-corrected chi connectivity index (χ0v) is 35.6. The molecule has 0 saturated carbocycles. The van der Waals surface area contributed by atoms with E-state index in [1.54, 1.807) is 18.2 Å². The zero-order valence-electron chi connectivity index (χ0n) is 33.4. The fraction of sp³-hybridized carbons (Fsp3) is 0.500. The number of rotatable bonds is 6. The number of H-pyrrole nitrogens is 2. The van der Waals surface area contributed by atoms with Crippen molar-refractivity contribution in [3.63, 3.8) is 0 Å². The summed E-state index contributed by atoms with van der Waals surface area (Å²) in [6, 6.07) is 10.9. The van der Waals surface area contributed by atoms with E-state index in [9.17, 15) is 9.59 Å². The van der Waals surface area contributed by atoms with Gasteiger partial charge in [0.15, 0.2) is 0 Å². The van der Waals surface area contributed by atoms with Gasteiger partial charge in [0.1, 0.15) is 15.3 Å². The Morgan fingerprint density at radius 3 is 1.61 bits per heavy atom. The van der Waals surface area contributed by atoms with Crippen molar-refractivity contribution < 1.29 is 37.8 Å². The molecule has 2 N–H and O–H groups in total. The Hall–Kier alpha value is -3.57. The molecule has 7 rings (SSSR count). The molecule has 14 heteroatoms. The predicted octanol–water partition coefficient (Wildman–Crippen LogP) is 6.46. The second-order valence-corrected chi connectivity index (χ2v) is 16.9. The summed E-state index contributed by atoms with van der Waals surface area (Å²) in [4.78, 5) is 39.3. The minimum absolute atomic E-state index is 0.0448. The van der Waals surface area contributed by atoms with Crippen molar-refractivity contribution in [3.05, 3.63) is 85.4 Å². The van der Waals surface area contributed by atoms with Crippen molar-refractivity contribution in [1.82, 2.24) is 19.9 Å². The van der Waals surface area contributed by atoms with Gasteiger partial charge in [-0.3, -0.25) is 0 Å². The van der Waals surface area contributed by atoms with Crippen LogP contribution in [0.25, 0.3) is 11.3 Å². The Balaban J connectivity index is 0.000000162. The largest absolute Gasteiger partial charge is 0.495 e. The molecule has 3 saturated heterocycles. The van der Waals surface area contributed by atoms with E-state index < -0.39 is 18.3 Å². The van der Waals surface area contributed by atoms with Crippen LogP contribution in [0.15, 0.2) is 36.4 Å². The van der Waals surface area contributed by atoms with Gasteiger partial charge in [0.2, 0.25) is 0 Å². The molecule has 0 bridgehead atoms. The van der Waals surface area contributed by atoms with E-state index in [4.69, 9.17) is 33.2 Å². The molecule has 12 nitrogen and oxygen atoms in total. The maximum Gasteiger partial charge on any atom is 0.495 e. The number of nitrogens with one attached hydrogen (secondary N) is 2. The lowest BCUT2D eigenvalue weighted by atomic mass is 9.75. The fourth-order valence-corrected chi connectivity index (χ4v) is 6.43. The molecule has 290 valence electrons. The number of aryl methyl sites for hydroxylation is 4. The average molecular weight is 855 g/mol. The van der Waals surface area contributed by atoms with Gasteiger partial charge in [-0.2, -0.15) is 0 Å². The first-order valence-corrected chi connectivity index (χ1v) is 19.0. The molecule has 0 spiro atoms. The van der Waals surface area contributed by atoms with Crippen molar-refractivity contribution in [3.8, 4) is 11.3 Å². The minimum atomic E-state index is -0.468. The molecular formula is C40H52BIN4O8. The van der Waals surface area contributed by atoms with Crippen LogP contribution in [-0.4, -0.2) is 90.8 Å². The second-order valence-electron chi connectivity index (χ2n) is 15.8. The van der Waals surface area contributed by atoms with Gasteiger partial charge in [0.05, 0.1) is 79.5 Å². The normalized spacial score (nSPS) is 18.6. The van der Waals surface area contributed by atoms with Gasteiger partial charge in [0.25, 0.3) is 0 Å². The smallest absolute Gasteiger partial charge is 0.465 e. The zero-order chi connectivity index (χ0) is 39.8. The number of carbonyl (C=O) groups is 2. The number of hydrogen-bond acceptors (Lipinski definition) is 10. The molecule has 54 heavy (non-hydrogen) atoms. The number of ether oxygens (including phenoxy) is 4. The number of benzene rings is 2. The highest BCUT2D eigenvalue weighted by atomic mass is 127. The number of halogens is 1. The Labute approximate surface area is 332 Å². The third-order valence-electron chi connectivity index (χ3n) is 10.7. The first-order valence-electron chi connectivity index (χ1n) is 17.9. The molecule has 4 aromatic rings.